The molecule has 1 atom stereocenters. The van der Waals surface area contributed by atoms with Crippen molar-refractivity contribution < 1.29 is 9.59 Å². The van der Waals surface area contributed by atoms with Crippen LogP contribution in [0.25, 0.3) is 0 Å². The number of anilines is 1. The number of Topliss-reactive ketones (excluding diaryl/α,β-unsaturated/α-hetero) is 1. The van der Waals surface area contributed by atoms with Crippen molar-refractivity contribution in [1.82, 2.24) is 14.8 Å². The Labute approximate surface area is 164 Å². The lowest BCUT2D eigenvalue weighted by Gasteiger charge is -2.20. The Morgan fingerprint density at radius 1 is 1.15 bits per heavy atom. The van der Waals surface area contributed by atoms with Crippen LogP contribution in [-0.2, 0) is 11.8 Å². The van der Waals surface area contributed by atoms with Gasteiger partial charge in [0.15, 0.2) is 10.9 Å². The molecule has 0 bridgehead atoms. The third-order valence-electron chi connectivity index (χ3n) is 5.05. The number of benzene rings is 1. The Kier molecular flexibility index (Phi) is 6.31. The molecule has 2 aromatic rings. The molecule has 27 heavy (non-hydrogen) atoms. The van der Waals surface area contributed by atoms with Crippen LogP contribution in [0.5, 0.6) is 0 Å². The van der Waals surface area contributed by atoms with Gasteiger partial charge in [0.25, 0.3) is 0 Å². The number of rotatable bonds is 6. The summed E-state index contributed by atoms with van der Waals surface area (Å²) in [6.45, 7) is 3.38. The third-order valence-corrected chi connectivity index (χ3v) is 6.18. The summed E-state index contributed by atoms with van der Waals surface area (Å²) in [6, 6.07) is 6.93. The molecule has 1 amide bonds. The van der Waals surface area contributed by atoms with Crippen LogP contribution in [0, 0.1) is 0 Å². The maximum absolute atomic E-state index is 12.5. The number of carbonyl (C=O) groups is 2. The average Bonchev–Trinajstić information content (AvgIpc) is 3.03. The maximum atomic E-state index is 12.5. The van der Waals surface area contributed by atoms with Crippen molar-refractivity contribution in [1.29, 1.82) is 0 Å². The zero-order chi connectivity index (χ0) is 19.4. The summed E-state index contributed by atoms with van der Waals surface area (Å²) in [5, 5.41) is 12.1. The number of hydrogen-bond acceptors (Lipinski definition) is 5. The molecule has 1 saturated carbocycles. The second kappa shape index (κ2) is 8.69. The molecule has 0 unspecified atom stereocenters. The van der Waals surface area contributed by atoms with Gasteiger partial charge in [-0.05, 0) is 51.0 Å². The lowest BCUT2D eigenvalue weighted by Crippen LogP contribution is -2.23. The lowest BCUT2D eigenvalue weighted by molar-refractivity contribution is -0.115. The van der Waals surface area contributed by atoms with Crippen molar-refractivity contribution in [2.75, 3.05) is 5.32 Å². The summed E-state index contributed by atoms with van der Waals surface area (Å²) < 4.78 is 2.03. The first-order valence-corrected chi connectivity index (χ1v) is 10.3. The standard InChI is InChI=1S/C20H26N4O2S/c1-13(25)15-9-11-17(12-10-15)21-19(26)14(2)27-20-23-22-18(24(20)3)16-7-5-4-6-8-16/h9-12,14,16H,4-8H2,1-3H3,(H,21,26)/t14-/m1/s1. The average molecular weight is 387 g/mol. The van der Waals surface area contributed by atoms with E-state index in [1.54, 1.807) is 24.3 Å². The monoisotopic (exact) mass is 386 g/mol. The van der Waals surface area contributed by atoms with Gasteiger partial charge in [-0.2, -0.15) is 0 Å². The smallest absolute Gasteiger partial charge is 0.237 e. The number of nitrogens with one attached hydrogen (secondary N) is 1. The van der Waals surface area contributed by atoms with Crippen molar-refractivity contribution in [3.8, 4) is 0 Å². The topological polar surface area (TPSA) is 76.9 Å². The number of amides is 1. The van der Waals surface area contributed by atoms with Crippen molar-refractivity contribution in [3.63, 3.8) is 0 Å². The highest BCUT2D eigenvalue weighted by Crippen LogP contribution is 2.33. The maximum Gasteiger partial charge on any atom is 0.237 e. The summed E-state index contributed by atoms with van der Waals surface area (Å²) in [5.74, 6) is 1.42. The van der Waals surface area contributed by atoms with Crippen molar-refractivity contribution >= 4 is 29.1 Å². The Morgan fingerprint density at radius 3 is 2.44 bits per heavy atom. The van der Waals surface area contributed by atoms with Gasteiger partial charge in [0.2, 0.25) is 5.91 Å². The van der Waals surface area contributed by atoms with E-state index < -0.39 is 0 Å². The summed E-state index contributed by atoms with van der Waals surface area (Å²) >= 11 is 1.41. The quantitative estimate of drug-likeness (QED) is 0.595. The number of aromatic nitrogens is 3. The van der Waals surface area contributed by atoms with E-state index in [1.807, 2.05) is 18.5 Å². The van der Waals surface area contributed by atoms with Gasteiger partial charge >= 0.3 is 0 Å². The van der Waals surface area contributed by atoms with Crippen molar-refractivity contribution in [2.24, 2.45) is 7.05 Å². The summed E-state index contributed by atoms with van der Waals surface area (Å²) in [5.41, 5.74) is 1.31. The molecule has 0 radical (unpaired) electrons. The molecule has 6 nitrogen and oxygen atoms in total. The van der Waals surface area contributed by atoms with Crippen molar-refractivity contribution in [3.05, 3.63) is 35.7 Å². The largest absolute Gasteiger partial charge is 0.325 e. The highest BCUT2D eigenvalue weighted by molar-refractivity contribution is 8.00. The number of carbonyl (C=O) groups excluding carboxylic acids is 2. The number of hydrogen-bond donors (Lipinski definition) is 1. The highest BCUT2D eigenvalue weighted by atomic mass is 32.2. The van der Waals surface area contributed by atoms with E-state index in [1.165, 1.54) is 50.8 Å². The van der Waals surface area contributed by atoms with Gasteiger partial charge in [0.05, 0.1) is 5.25 Å². The fourth-order valence-corrected chi connectivity index (χ4v) is 4.21. The minimum Gasteiger partial charge on any atom is -0.325 e. The molecule has 144 valence electrons. The predicted octanol–water partition coefficient (Wildman–Crippen LogP) is 4.18. The SMILES string of the molecule is CC(=O)c1ccc(NC(=O)[C@@H](C)Sc2nnc(C3CCCCC3)n2C)cc1. The van der Waals surface area contributed by atoms with Gasteiger partial charge < -0.3 is 9.88 Å². The Hall–Kier alpha value is -2.15. The predicted molar refractivity (Wildman–Crippen MR) is 107 cm³/mol. The van der Waals surface area contributed by atoms with Crippen LogP contribution in [-0.4, -0.2) is 31.7 Å². The first kappa shape index (κ1) is 19.6. The van der Waals surface area contributed by atoms with Gasteiger partial charge in [-0.15, -0.1) is 10.2 Å². The number of nitrogens with zero attached hydrogens (tertiary/aromatic N) is 3. The molecule has 1 aromatic carbocycles. The summed E-state index contributed by atoms with van der Waals surface area (Å²) in [7, 11) is 1.98. The van der Waals surface area contributed by atoms with Gasteiger partial charge in [0, 0.05) is 24.2 Å². The van der Waals surface area contributed by atoms with Crippen LogP contribution >= 0.6 is 11.8 Å². The highest BCUT2D eigenvalue weighted by Gasteiger charge is 2.24. The van der Waals surface area contributed by atoms with E-state index in [0.717, 1.165) is 11.0 Å². The zero-order valence-electron chi connectivity index (χ0n) is 16.1. The van der Waals surface area contributed by atoms with Gasteiger partial charge in [-0.3, -0.25) is 9.59 Å². The van der Waals surface area contributed by atoms with Crippen molar-refractivity contribution in [2.45, 2.75) is 62.3 Å². The van der Waals surface area contributed by atoms with E-state index in [9.17, 15) is 9.59 Å². The van der Waals surface area contributed by atoms with E-state index in [4.69, 9.17) is 0 Å². The molecule has 3 rings (SSSR count). The molecule has 0 aliphatic heterocycles. The molecule has 0 spiro atoms. The molecule has 1 heterocycles. The number of thioether (sulfide) groups is 1. The Balaban J connectivity index is 1.61. The molecule has 0 saturated heterocycles. The molecule has 1 fully saturated rings. The van der Waals surface area contributed by atoms with Crippen LogP contribution in [0.15, 0.2) is 29.4 Å². The van der Waals surface area contributed by atoms with Crippen LogP contribution in [0.4, 0.5) is 5.69 Å². The van der Waals surface area contributed by atoms with E-state index in [-0.39, 0.29) is 16.9 Å². The first-order chi connectivity index (χ1) is 13.0. The van der Waals surface area contributed by atoms with Crippen LogP contribution in [0.1, 0.15) is 68.1 Å². The fourth-order valence-electron chi connectivity index (χ4n) is 3.39. The molecule has 1 aliphatic rings. The molecule has 1 N–H and O–H groups in total. The van der Waals surface area contributed by atoms with Gasteiger partial charge in [-0.1, -0.05) is 31.0 Å². The second-order valence-corrected chi connectivity index (χ2v) is 8.43. The zero-order valence-corrected chi connectivity index (χ0v) is 16.9. The van der Waals surface area contributed by atoms with E-state index >= 15 is 0 Å². The molecular weight excluding hydrogens is 360 g/mol. The normalized spacial score (nSPS) is 16.1. The Morgan fingerprint density at radius 2 is 1.81 bits per heavy atom. The number of ketones is 1. The van der Waals surface area contributed by atoms with Crippen LogP contribution in [0.3, 0.4) is 0 Å². The van der Waals surface area contributed by atoms with E-state index in [2.05, 4.69) is 15.5 Å². The summed E-state index contributed by atoms with van der Waals surface area (Å²) in [6.07, 6.45) is 6.15. The molecule has 1 aromatic heterocycles. The molecule has 7 heteroatoms. The van der Waals surface area contributed by atoms with Gasteiger partial charge in [0.1, 0.15) is 5.82 Å². The fraction of sp³-hybridized carbons (Fsp3) is 0.500. The lowest BCUT2D eigenvalue weighted by atomic mass is 9.89. The third kappa shape index (κ3) is 4.77. The molecular formula is C20H26N4O2S. The van der Waals surface area contributed by atoms with Crippen LogP contribution in [0.2, 0.25) is 0 Å². The first-order valence-electron chi connectivity index (χ1n) is 9.43. The Bertz CT molecular complexity index is 810. The minimum atomic E-state index is -0.306. The van der Waals surface area contributed by atoms with Gasteiger partial charge in [-0.25, -0.2) is 0 Å². The second-order valence-electron chi connectivity index (χ2n) is 7.12. The summed E-state index contributed by atoms with van der Waals surface area (Å²) in [4.78, 5) is 23.8. The molecule has 1 aliphatic carbocycles. The van der Waals surface area contributed by atoms with E-state index in [0.29, 0.717) is 17.2 Å². The minimum absolute atomic E-state index is 0.00727. The van der Waals surface area contributed by atoms with Crippen LogP contribution < -0.4 is 5.32 Å².